The van der Waals surface area contributed by atoms with E-state index < -0.39 is 0 Å². The zero-order valence-corrected chi connectivity index (χ0v) is 12.1. The molecule has 98 valence electrons. The van der Waals surface area contributed by atoms with Gasteiger partial charge in [0, 0.05) is 35.8 Å². The molecular formula is C14H21N3S. The first-order valence-electron chi connectivity index (χ1n) is 6.55. The van der Waals surface area contributed by atoms with Crippen LogP contribution in [0.25, 0.3) is 0 Å². The maximum Gasteiger partial charge on any atom is 0.0537 e. The first-order chi connectivity index (χ1) is 8.74. The first kappa shape index (κ1) is 13.3. The van der Waals surface area contributed by atoms with Crippen LogP contribution in [0.5, 0.6) is 0 Å². The molecule has 2 heterocycles. The summed E-state index contributed by atoms with van der Waals surface area (Å²) in [6.45, 7) is 8.38. The first-order valence-corrected chi connectivity index (χ1v) is 7.43. The number of nitrogens with one attached hydrogen (secondary N) is 1. The minimum atomic E-state index is 0.345. The van der Waals surface area contributed by atoms with E-state index in [0.717, 1.165) is 19.5 Å². The van der Waals surface area contributed by atoms with Crippen LogP contribution in [-0.2, 0) is 19.5 Å². The van der Waals surface area contributed by atoms with E-state index in [2.05, 4.69) is 48.8 Å². The predicted octanol–water partition coefficient (Wildman–Crippen LogP) is 3.38. The molecule has 4 heteroatoms. The van der Waals surface area contributed by atoms with Gasteiger partial charge in [0.05, 0.1) is 6.20 Å². The number of thiophene rings is 1. The minimum absolute atomic E-state index is 0.345. The van der Waals surface area contributed by atoms with Crippen molar-refractivity contribution in [3.63, 3.8) is 0 Å². The lowest BCUT2D eigenvalue weighted by molar-refractivity contribution is 0.575. The predicted molar refractivity (Wildman–Crippen MR) is 76.9 cm³/mol. The van der Waals surface area contributed by atoms with Gasteiger partial charge in [0.15, 0.2) is 0 Å². The maximum atomic E-state index is 4.31. The van der Waals surface area contributed by atoms with Crippen LogP contribution in [-0.4, -0.2) is 9.78 Å². The van der Waals surface area contributed by atoms with Crippen molar-refractivity contribution in [2.24, 2.45) is 0 Å². The number of nitrogens with zero attached hydrogens (tertiary/aromatic N) is 2. The summed E-state index contributed by atoms with van der Waals surface area (Å²) in [6, 6.07) is 2.57. The Morgan fingerprint density at radius 2 is 2.28 bits per heavy atom. The monoisotopic (exact) mass is 263 g/mol. The second-order valence-electron chi connectivity index (χ2n) is 4.45. The van der Waals surface area contributed by atoms with Crippen LogP contribution in [0.15, 0.2) is 23.8 Å². The van der Waals surface area contributed by atoms with E-state index in [-0.39, 0.29) is 0 Å². The molecule has 18 heavy (non-hydrogen) atoms. The van der Waals surface area contributed by atoms with Crippen molar-refractivity contribution in [3.05, 3.63) is 39.8 Å². The van der Waals surface area contributed by atoms with Gasteiger partial charge >= 0.3 is 0 Å². The highest BCUT2D eigenvalue weighted by Crippen LogP contribution is 2.19. The summed E-state index contributed by atoms with van der Waals surface area (Å²) in [6.07, 6.45) is 5.19. The fourth-order valence-electron chi connectivity index (χ4n) is 1.98. The Balaban J connectivity index is 1.93. The fraction of sp³-hybridized carbons (Fsp3) is 0.500. The molecule has 1 atom stereocenters. The summed E-state index contributed by atoms with van der Waals surface area (Å²) in [5.74, 6) is 0. The number of hydrogen-bond acceptors (Lipinski definition) is 3. The summed E-state index contributed by atoms with van der Waals surface area (Å²) in [7, 11) is 0. The van der Waals surface area contributed by atoms with E-state index in [0.29, 0.717) is 6.04 Å². The van der Waals surface area contributed by atoms with Crippen LogP contribution in [0, 0.1) is 0 Å². The fourth-order valence-corrected chi connectivity index (χ4v) is 2.90. The van der Waals surface area contributed by atoms with Crippen molar-refractivity contribution >= 4 is 11.3 Å². The Bertz CT molecular complexity index is 487. The van der Waals surface area contributed by atoms with Gasteiger partial charge in [0.2, 0.25) is 0 Å². The number of aromatic nitrogens is 2. The molecule has 0 aliphatic heterocycles. The molecular weight excluding hydrogens is 242 g/mol. The van der Waals surface area contributed by atoms with E-state index in [4.69, 9.17) is 0 Å². The summed E-state index contributed by atoms with van der Waals surface area (Å²) in [5, 5.41) is 10.1. The van der Waals surface area contributed by atoms with Gasteiger partial charge < -0.3 is 5.32 Å². The van der Waals surface area contributed by atoms with Crippen LogP contribution in [0.1, 0.15) is 42.8 Å². The van der Waals surface area contributed by atoms with Crippen LogP contribution in [0.4, 0.5) is 0 Å². The van der Waals surface area contributed by atoms with E-state index in [1.54, 1.807) is 0 Å². The van der Waals surface area contributed by atoms with Crippen molar-refractivity contribution in [3.8, 4) is 0 Å². The van der Waals surface area contributed by atoms with Gasteiger partial charge in [-0.05, 0) is 37.3 Å². The summed E-state index contributed by atoms with van der Waals surface area (Å²) in [5.41, 5.74) is 2.72. The van der Waals surface area contributed by atoms with Gasteiger partial charge in [-0.2, -0.15) is 5.10 Å². The third-order valence-electron chi connectivity index (χ3n) is 3.26. The molecule has 0 aromatic carbocycles. The second kappa shape index (κ2) is 6.16. The number of hydrogen-bond donors (Lipinski definition) is 1. The minimum Gasteiger partial charge on any atom is -0.305 e. The van der Waals surface area contributed by atoms with E-state index in [1.165, 1.54) is 16.0 Å². The van der Waals surface area contributed by atoms with Gasteiger partial charge in [-0.3, -0.25) is 4.68 Å². The molecule has 0 aliphatic rings. The van der Waals surface area contributed by atoms with Crippen molar-refractivity contribution in [2.75, 3.05) is 0 Å². The molecule has 2 rings (SSSR count). The van der Waals surface area contributed by atoms with E-state index in [1.807, 2.05) is 22.2 Å². The number of rotatable bonds is 6. The van der Waals surface area contributed by atoms with Crippen molar-refractivity contribution < 1.29 is 0 Å². The average molecular weight is 263 g/mol. The Morgan fingerprint density at radius 1 is 1.44 bits per heavy atom. The molecule has 1 unspecified atom stereocenters. The molecule has 2 aromatic heterocycles. The SMILES string of the molecule is CCc1ccsc1CNC(C)c1cnn(CC)c1. The lowest BCUT2D eigenvalue weighted by atomic mass is 10.1. The number of aryl methyl sites for hydroxylation is 2. The average Bonchev–Trinajstić information content (AvgIpc) is 3.04. The Labute approximate surface area is 113 Å². The second-order valence-corrected chi connectivity index (χ2v) is 5.46. The molecule has 0 saturated heterocycles. The summed E-state index contributed by atoms with van der Waals surface area (Å²) in [4.78, 5) is 1.45. The van der Waals surface area contributed by atoms with Crippen molar-refractivity contribution in [1.82, 2.24) is 15.1 Å². The smallest absolute Gasteiger partial charge is 0.0537 e. The van der Waals surface area contributed by atoms with E-state index in [9.17, 15) is 0 Å². The van der Waals surface area contributed by atoms with Gasteiger partial charge in [-0.1, -0.05) is 6.92 Å². The topological polar surface area (TPSA) is 29.9 Å². The zero-order valence-electron chi connectivity index (χ0n) is 11.3. The summed E-state index contributed by atoms with van der Waals surface area (Å²) >= 11 is 1.84. The molecule has 2 aromatic rings. The van der Waals surface area contributed by atoms with E-state index >= 15 is 0 Å². The quantitative estimate of drug-likeness (QED) is 0.866. The van der Waals surface area contributed by atoms with Crippen LogP contribution >= 0.6 is 11.3 Å². The van der Waals surface area contributed by atoms with Crippen molar-refractivity contribution in [1.29, 1.82) is 0 Å². The van der Waals surface area contributed by atoms with Gasteiger partial charge in [-0.25, -0.2) is 0 Å². The molecule has 0 spiro atoms. The molecule has 1 N–H and O–H groups in total. The normalized spacial score (nSPS) is 12.8. The third-order valence-corrected chi connectivity index (χ3v) is 4.23. The standard InChI is InChI=1S/C14H21N3S/c1-4-12-6-7-18-14(12)9-15-11(3)13-8-16-17(5-2)10-13/h6-8,10-11,15H,4-5,9H2,1-3H3. The Morgan fingerprint density at radius 3 is 2.94 bits per heavy atom. The lowest BCUT2D eigenvalue weighted by Crippen LogP contribution is -2.17. The highest BCUT2D eigenvalue weighted by molar-refractivity contribution is 7.10. The molecule has 0 bridgehead atoms. The van der Waals surface area contributed by atoms with Gasteiger partial charge in [0.1, 0.15) is 0 Å². The lowest BCUT2D eigenvalue weighted by Gasteiger charge is -2.11. The Kier molecular flexibility index (Phi) is 4.55. The molecule has 0 aliphatic carbocycles. The van der Waals surface area contributed by atoms with Gasteiger partial charge in [-0.15, -0.1) is 11.3 Å². The Hall–Kier alpha value is -1.13. The van der Waals surface area contributed by atoms with Crippen LogP contribution < -0.4 is 5.32 Å². The van der Waals surface area contributed by atoms with Crippen LogP contribution in [0.2, 0.25) is 0 Å². The molecule has 3 nitrogen and oxygen atoms in total. The van der Waals surface area contributed by atoms with Crippen LogP contribution in [0.3, 0.4) is 0 Å². The zero-order chi connectivity index (χ0) is 13.0. The maximum absolute atomic E-state index is 4.31. The molecule has 0 radical (unpaired) electrons. The highest BCUT2D eigenvalue weighted by atomic mass is 32.1. The molecule has 0 saturated carbocycles. The molecule has 0 amide bonds. The molecule has 0 fully saturated rings. The van der Waals surface area contributed by atoms with Gasteiger partial charge in [0.25, 0.3) is 0 Å². The highest BCUT2D eigenvalue weighted by Gasteiger charge is 2.09. The summed E-state index contributed by atoms with van der Waals surface area (Å²) < 4.78 is 1.97. The third kappa shape index (κ3) is 3.00. The largest absolute Gasteiger partial charge is 0.305 e. The van der Waals surface area contributed by atoms with Crippen molar-refractivity contribution in [2.45, 2.75) is 46.3 Å².